The highest BCUT2D eigenvalue weighted by molar-refractivity contribution is 5.78. The maximum absolute atomic E-state index is 10.9. The van der Waals surface area contributed by atoms with Crippen molar-refractivity contribution in [3.63, 3.8) is 0 Å². The molecule has 0 atom stereocenters. The van der Waals surface area contributed by atoms with Crippen molar-refractivity contribution in [1.82, 2.24) is 0 Å². The lowest BCUT2D eigenvalue weighted by molar-refractivity contribution is -0.116. The van der Waals surface area contributed by atoms with Crippen LogP contribution in [0.5, 0.6) is 5.75 Å². The van der Waals surface area contributed by atoms with Gasteiger partial charge >= 0.3 is 0 Å². The van der Waals surface area contributed by atoms with Crippen LogP contribution in [0.25, 0.3) is 0 Å². The summed E-state index contributed by atoms with van der Waals surface area (Å²) in [5.74, 6) is 1.54. The Morgan fingerprint density at radius 3 is 2.73 bits per heavy atom. The zero-order valence-electron chi connectivity index (χ0n) is 9.62. The molecule has 0 amide bonds. The predicted octanol–water partition coefficient (Wildman–Crippen LogP) is 2.85. The van der Waals surface area contributed by atoms with Gasteiger partial charge in [-0.2, -0.15) is 0 Å². The number of hydrogen-bond donors (Lipinski definition) is 0. The first-order chi connectivity index (χ1) is 7.08. The maximum atomic E-state index is 10.9. The fourth-order valence-corrected chi connectivity index (χ4v) is 1.30. The maximum Gasteiger partial charge on any atom is 0.134 e. The number of Topliss-reactive ketones (excluding diaryl/α,β-unsaturated/α-hetero) is 1. The molecule has 0 radical (unpaired) electrons. The van der Waals surface area contributed by atoms with E-state index in [4.69, 9.17) is 4.74 Å². The van der Waals surface area contributed by atoms with Crippen molar-refractivity contribution >= 4 is 5.78 Å². The summed E-state index contributed by atoms with van der Waals surface area (Å²) in [6, 6.07) is 7.73. The summed E-state index contributed by atoms with van der Waals surface area (Å²) in [7, 11) is 0. The van der Waals surface area contributed by atoms with E-state index in [1.807, 2.05) is 24.3 Å². The van der Waals surface area contributed by atoms with Crippen LogP contribution in [0.3, 0.4) is 0 Å². The van der Waals surface area contributed by atoms with Gasteiger partial charge in [0.25, 0.3) is 0 Å². The molecule has 0 aliphatic heterocycles. The summed E-state index contributed by atoms with van der Waals surface area (Å²) in [5, 5.41) is 0. The lowest BCUT2D eigenvalue weighted by atomic mass is 10.1. The van der Waals surface area contributed by atoms with Gasteiger partial charge in [-0.1, -0.05) is 26.0 Å². The molecule has 0 aliphatic carbocycles. The molecule has 0 aliphatic rings. The topological polar surface area (TPSA) is 26.3 Å². The van der Waals surface area contributed by atoms with Crippen molar-refractivity contribution < 1.29 is 9.53 Å². The number of carbonyl (C=O) groups excluding carboxylic acids is 1. The normalized spacial score (nSPS) is 10.4. The third kappa shape index (κ3) is 4.63. The van der Waals surface area contributed by atoms with E-state index in [9.17, 15) is 4.79 Å². The molecular formula is C13H18O2. The van der Waals surface area contributed by atoms with Gasteiger partial charge in [0, 0.05) is 6.42 Å². The van der Waals surface area contributed by atoms with Gasteiger partial charge < -0.3 is 4.74 Å². The first-order valence-electron chi connectivity index (χ1n) is 5.29. The van der Waals surface area contributed by atoms with Crippen molar-refractivity contribution in [2.75, 3.05) is 6.61 Å². The Morgan fingerprint density at radius 1 is 1.40 bits per heavy atom. The largest absolute Gasteiger partial charge is 0.493 e. The molecule has 0 fully saturated rings. The van der Waals surface area contributed by atoms with Crippen molar-refractivity contribution in [2.24, 2.45) is 5.92 Å². The Hall–Kier alpha value is -1.31. The van der Waals surface area contributed by atoms with Gasteiger partial charge in [-0.15, -0.1) is 0 Å². The highest BCUT2D eigenvalue weighted by Gasteiger charge is 2.01. The van der Waals surface area contributed by atoms with E-state index in [0.29, 0.717) is 18.9 Å². The molecule has 0 unspecified atom stereocenters. The van der Waals surface area contributed by atoms with Gasteiger partial charge in [-0.3, -0.25) is 4.79 Å². The molecule has 0 heterocycles. The Balaban J connectivity index is 2.61. The van der Waals surface area contributed by atoms with Gasteiger partial charge in [0.15, 0.2) is 0 Å². The summed E-state index contributed by atoms with van der Waals surface area (Å²) in [5.41, 5.74) is 1.02. The fourth-order valence-electron chi connectivity index (χ4n) is 1.30. The second-order valence-electron chi connectivity index (χ2n) is 4.23. The van der Waals surface area contributed by atoms with E-state index in [1.165, 1.54) is 0 Å². The van der Waals surface area contributed by atoms with E-state index in [-0.39, 0.29) is 5.78 Å². The summed E-state index contributed by atoms with van der Waals surface area (Å²) in [4.78, 5) is 10.9. The second-order valence-corrected chi connectivity index (χ2v) is 4.23. The minimum atomic E-state index is 0.177. The minimum absolute atomic E-state index is 0.177. The third-order valence-corrected chi connectivity index (χ3v) is 1.93. The zero-order chi connectivity index (χ0) is 11.3. The van der Waals surface area contributed by atoms with Gasteiger partial charge in [-0.05, 0) is 30.5 Å². The molecule has 2 nitrogen and oxygen atoms in total. The van der Waals surface area contributed by atoms with Crippen molar-refractivity contribution in [2.45, 2.75) is 27.2 Å². The SMILES string of the molecule is CC(=O)Cc1cccc(OCC(C)C)c1. The zero-order valence-corrected chi connectivity index (χ0v) is 9.62. The van der Waals surface area contributed by atoms with Crippen LogP contribution in [-0.2, 0) is 11.2 Å². The summed E-state index contributed by atoms with van der Waals surface area (Å²) >= 11 is 0. The van der Waals surface area contributed by atoms with E-state index in [2.05, 4.69) is 13.8 Å². The van der Waals surface area contributed by atoms with Crippen LogP contribution in [0.1, 0.15) is 26.3 Å². The number of benzene rings is 1. The fraction of sp³-hybridized carbons (Fsp3) is 0.462. The Morgan fingerprint density at radius 2 is 2.13 bits per heavy atom. The molecule has 1 aromatic carbocycles. The Bertz CT molecular complexity index is 329. The van der Waals surface area contributed by atoms with Crippen LogP contribution in [0, 0.1) is 5.92 Å². The lowest BCUT2D eigenvalue weighted by Gasteiger charge is -2.09. The van der Waals surface area contributed by atoms with Crippen LogP contribution in [0.15, 0.2) is 24.3 Å². The standard InChI is InChI=1S/C13H18O2/c1-10(2)9-15-13-6-4-5-12(8-13)7-11(3)14/h4-6,8,10H,7,9H2,1-3H3. The van der Waals surface area contributed by atoms with Crippen molar-refractivity contribution in [3.8, 4) is 5.75 Å². The number of hydrogen-bond acceptors (Lipinski definition) is 2. The molecule has 0 saturated heterocycles. The van der Waals surface area contributed by atoms with Crippen molar-refractivity contribution in [3.05, 3.63) is 29.8 Å². The number of ether oxygens (including phenoxy) is 1. The van der Waals surface area contributed by atoms with E-state index in [1.54, 1.807) is 6.92 Å². The molecule has 82 valence electrons. The summed E-state index contributed by atoms with van der Waals surface area (Å²) in [6.45, 7) is 6.53. The Kier molecular flexibility index (Phi) is 4.35. The molecule has 0 N–H and O–H groups in total. The minimum Gasteiger partial charge on any atom is -0.493 e. The number of carbonyl (C=O) groups is 1. The molecule has 15 heavy (non-hydrogen) atoms. The lowest BCUT2D eigenvalue weighted by Crippen LogP contribution is -2.05. The molecule has 0 aromatic heterocycles. The van der Waals surface area contributed by atoms with Gasteiger partial charge in [-0.25, -0.2) is 0 Å². The van der Waals surface area contributed by atoms with Crippen molar-refractivity contribution in [1.29, 1.82) is 0 Å². The Labute approximate surface area is 91.3 Å². The summed E-state index contributed by atoms with van der Waals surface area (Å²) < 4.78 is 5.58. The first kappa shape index (κ1) is 11.8. The quantitative estimate of drug-likeness (QED) is 0.740. The van der Waals surface area contributed by atoms with E-state index in [0.717, 1.165) is 11.3 Å². The molecule has 1 aromatic rings. The van der Waals surface area contributed by atoms with E-state index >= 15 is 0 Å². The predicted molar refractivity (Wildman–Crippen MR) is 61.2 cm³/mol. The molecule has 0 spiro atoms. The molecule has 0 bridgehead atoms. The average molecular weight is 206 g/mol. The van der Waals surface area contributed by atoms with Crippen LogP contribution in [0.4, 0.5) is 0 Å². The molecule has 0 saturated carbocycles. The smallest absolute Gasteiger partial charge is 0.134 e. The van der Waals surface area contributed by atoms with Crippen LogP contribution >= 0.6 is 0 Å². The van der Waals surface area contributed by atoms with Crippen LogP contribution < -0.4 is 4.74 Å². The molecular weight excluding hydrogens is 188 g/mol. The van der Waals surface area contributed by atoms with Gasteiger partial charge in [0.1, 0.15) is 11.5 Å². The number of ketones is 1. The molecule has 2 heteroatoms. The van der Waals surface area contributed by atoms with Crippen LogP contribution in [-0.4, -0.2) is 12.4 Å². The third-order valence-electron chi connectivity index (χ3n) is 1.93. The van der Waals surface area contributed by atoms with Crippen LogP contribution in [0.2, 0.25) is 0 Å². The molecule has 1 rings (SSSR count). The van der Waals surface area contributed by atoms with E-state index < -0.39 is 0 Å². The average Bonchev–Trinajstić information content (AvgIpc) is 2.14. The highest BCUT2D eigenvalue weighted by atomic mass is 16.5. The second kappa shape index (κ2) is 5.54. The van der Waals surface area contributed by atoms with Gasteiger partial charge in [0.2, 0.25) is 0 Å². The summed E-state index contributed by atoms with van der Waals surface area (Å²) in [6.07, 6.45) is 0.485. The first-order valence-corrected chi connectivity index (χ1v) is 5.29. The highest BCUT2D eigenvalue weighted by Crippen LogP contribution is 2.14. The number of rotatable bonds is 5. The van der Waals surface area contributed by atoms with Gasteiger partial charge in [0.05, 0.1) is 6.61 Å². The monoisotopic (exact) mass is 206 g/mol.